The average Bonchev–Trinajstić information content (AvgIpc) is 2.78. The Kier molecular flexibility index (Phi) is 7.00. The van der Waals surface area contributed by atoms with Crippen LogP contribution in [0, 0.1) is 0 Å². The van der Waals surface area contributed by atoms with Gasteiger partial charge in [-0.3, -0.25) is 9.59 Å². The van der Waals surface area contributed by atoms with Gasteiger partial charge in [-0.25, -0.2) is 0 Å². The summed E-state index contributed by atoms with van der Waals surface area (Å²) in [6.07, 6.45) is 3.95. The number of ether oxygens (including phenoxy) is 1. The number of carbonyl (C=O) groups is 2. The first-order valence-corrected chi connectivity index (χ1v) is 9.72. The van der Waals surface area contributed by atoms with Crippen molar-refractivity contribution in [1.82, 2.24) is 0 Å². The van der Waals surface area contributed by atoms with E-state index in [1.54, 1.807) is 37.5 Å². The van der Waals surface area contributed by atoms with Crippen LogP contribution in [0.2, 0.25) is 0 Å². The molecule has 0 fully saturated rings. The summed E-state index contributed by atoms with van der Waals surface area (Å²) < 4.78 is 5.13. The van der Waals surface area contributed by atoms with Gasteiger partial charge < -0.3 is 15.4 Å². The molecule has 3 rings (SSSR count). The highest BCUT2D eigenvalue weighted by atomic mass is 16.5. The summed E-state index contributed by atoms with van der Waals surface area (Å²) in [5, 5.41) is 5.73. The number of amides is 2. The van der Waals surface area contributed by atoms with Gasteiger partial charge in [-0.05, 0) is 54.0 Å². The summed E-state index contributed by atoms with van der Waals surface area (Å²) in [5.41, 5.74) is 3.54. The van der Waals surface area contributed by atoms with Gasteiger partial charge in [0, 0.05) is 11.8 Å². The first kappa shape index (κ1) is 20.9. The van der Waals surface area contributed by atoms with Crippen molar-refractivity contribution in [3.8, 4) is 5.75 Å². The lowest BCUT2D eigenvalue weighted by molar-refractivity contribution is -0.111. The minimum atomic E-state index is -0.319. The highest BCUT2D eigenvalue weighted by molar-refractivity contribution is 6.12. The zero-order valence-corrected chi connectivity index (χ0v) is 17.0. The van der Waals surface area contributed by atoms with Gasteiger partial charge in [-0.1, -0.05) is 49.4 Å². The number of nitrogens with one attached hydrogen (secondary N) is 2. The third-order valence-corrected chi connectivity index (χ3v) is 4.62. The number of hydrogen-bond donors (Lipinski definition) is 2. The number of aryl methyl sites for hydroxylation is 1. The molecule has 3 aromatic carbocycles. The summed E-state index contributed by atoms with van der Waals surface area (Å²) in [4.78, 5) is 25.2. The van der Waals surface area contributed by atoms with E-state index in [2.05, 4.69) is 10.6 Å². The van der Waals surface area contributed by atoms with E-state index in [1.165, 1.54) is 6.08 Å². The zero-order chi connectivity index (χ0) is 21.3. The molecule has 152 valence electrons. The van der Waals surface area contributed by atoms with Crippen molar-refractivity contribution in [1.29, 1.82) is 0 Å². The standard InChI is InChI=1S/C25H24N2O3/c1-3-19-8-4-6-10-22(19)27-25(29)21-9-5-7-11-23(21)26-24(28)17-14-18-12-15-20(30-2)16-13-18/h4-17H,3H2,1-2H3,(H,26,28)(H,27,29)/b17-14+. The molecule has 5 heteroatoms. The fourth-order valence-electron chi connectivity index (χ4n) is 2.99. The Hall–Kier alpha value is -3.86. The van der Waals surface area contributed by atoms with Gasteiger partial charge in [0.2, 0.25) is 5.91 Å². The van der Waals surface area contributed by atoms with Crippen LogP contribution in [0.1, 0.15) is 28.4 Å². The summed E-state index contributed by atoms with van der Waals surface area (Å²) in [5.74, 6) is 0.159. The van der Waals surface area contributed by atoms with Crippen molar-refractivity contribution in [3.63, 3.8) is 0 Å². The van der Waals surface area contributed by atoms with Crippen LogP contribution in [0.3, 0.4) is 0 Å². The molecular formula is C25H24N2O3. The molecule has 2 N–H and O–H groups in total. The topological polar surface area (TPSA) is 67.4 Å². The Balaban J connectivity index is 1.71. The smallest absolute Gasteiger partial charge is 0.257 e. The molecule has 0 radical (unpaired) electrons. The van der Waals surface area contributed by atoms with Crippen LogP contribution in [-0.2, 0) is 11.2 Å². The third kappa shape index (κ3) is 5.35. The van der Waals surface area contributed by atoms with Crippen molar-refractivity contribution in [2.75, 3.05) is 17.7 Å². The van der Waals surface area contributed by atoms with Crippen molar-refractivity contribution >= 4 is 29.3 Å². The molecule has 0 aliphatic rings. The minimum absolute atomic E-state index is 0.272. The fourth-order valence-corrected chi connectivity index (χ4v) is 2.99. The molecule has 30 heavy (non-hydrogen) atoms. The highest BCUT2D eigenvalue weighted by Gasteiger charge is 2.13. The maximum Gasteiger partial charge on any atom is 0.257 e. The second kappa shape index (κ2) is 10.1. The maximum absolute atomic E-state index is 12.8. The Labute approximate surface area is 176 Å². The molecular weight excluding hydrogens is 376 g/mol. The zero-order valence-electron chi connectivity index (χ0n) is 17.0. The van der Waals surface area contributed by atoms with Crippen LogP contribution < -0.4 is 15.4 Å². The average molecular weight is 400 g/mol. The van der Waals surface area contributed by atoms with E-state index in [4.69, 9.17) is 4.74 Å². The summed E-state index contributed by atoms with van der Waals surface area (Å²) in [7, 11) is 1.60. The largest absolute Gasteiger partial charge is 0.497 e. The number of hydrogen-bond acceptors (Lipinski definition) is 3. The van der Waals surface area contributed by atoms with E-state index in [9.17, 15) is 9.59 Å². The van der Waals surface area contributed by atoms with Crippen molar-refractivity contribution in [2.45, 2.75) is 13.3 Å². The number of rotatable bonds is 7. The van der Waals surface area contributed by atoms with Crippen LogP contribution in [0.5, 0.6) is 5.75 Å². The lowest BCUT2D eigenvalue weighted by Gasteiger charge is -2.12. The molecule has 0 unspecified atom stereocenters. The van der Waals surface area contributed by atoms with Gasteiger partial charge in [-0.15, -0.1) is 0 Å². The van der Waals surface area contributed by atoms with Crippen molar-refractivity contribution in [2.24, 2.45) is 0 Å². The van der Waals surface area contributed by atoms with E-state index in [1.807, 2.05) is 55.5 Å². The van der Waals surface area contributed by atoms with Crippen molar-refractivity contribution < 1.29 is 14.3 Å². The molecule has 0 saturated heterocycles. The number of methoxy groups -OCH3 is 1. The van der Waals surface area contributed by atoms with Gasteiger partial charge in [0.15, 0.2) is 0 Å². The van der Waals surface area contributed by atoms with E-state index in [-0.39, 0.29) is 11.8 Å². The third-order valence-electron chi connectivity index (χ3n) is 4.62. The summed E-state index contributed by atoms with van der Waals surface area (Å²) >= 11 is 0. The highest BCUT2D eigenvalue weighted by Crippen LogP contribution is 2.20. The van der Waals surface area contributed by atoms with Crippen LogP contribution in [0.4, 0.5) is 11.4 Å². The van der Waals surface area contributed by atoms with Gasteiger partial charge in [0.25, 0.3) is 5.91 Å². The molecule has 0 aliphatic carbocycles. The molecule has 3 aromatic rings. The molecule has 0 atom stereocenters. The van der Waals surface area contributed by atoms with Crippen LogP contribution >= 0.6 is 0 Å². The quantitative estimate of drug-likeness (QED) is 0.538. The lowest BCUT2D eigenvalue weighted by Crippen LogP contribution is -2.17. The minimum Gasteiger partial charge on any atom is -0.497 e. The SMILES string of the molecule is CCc1ccccc1NC(=O)c1ccccc1NC(=O)/C=C/c1ccc(OC)cc1. The van der Waals surface area contributed by atoms with Crippen LogP contribution in [-0.4, -0.2) is 18.9 Å². The molecule has 0 bridgehead atoms. The van der Waals surface area contributed by atoms with E-state index in [0.29, 0.717) is 11.3 Å². The van der Waals surface area contributed by atoms with E-state index < -0.39 is 0 Å². The molecule has 2 amide bonds. The fraction of sp³-hybridized carbons (Fsp3) is 0.120. The van der Waals surface area contributed by atoms with Crippen LogP contribution in [0.15, 0.2) is 78.9 Å². The number of para-hydroxylation sites is 2. The number of carbonyl (C=O) groups excluding carboxylic acids is 2. The first-order valence-electron chi connectivity index (χ1n) is 9.72. The molecule has 0 heterocycles. The Bertz CT molecular complexity index is 1060. The predicted octanol–water partition coefficient (Wildman–Crippen LogP) is 5.16. The maximum atomic E-state index is 12.8. The van der Waals surface area contributed by atoms with Gasteiger partial charge >= 0.3 is 0 Å². The second-order valence-electron chi connectivity index (χ2n) is 6.61. The Morgan fingerprint density at radius 2 is 1.53 bits per heavy atom. The van der Waals surface area contributed by atoms with Gasteiger partial charge in [0.05, 0.1) is 18.4 Å². The molecule has 0 aromatic heterocycles. The molecule has 5 nitrogen and oxygen atoms in total. The molecule has 0 aliphatic heterocycles. The molecule has 0 saturated carbocycles. The van der Waals surface area contributed by atoms with Crippen LogP contribution in [0.25, 0.3) is 6.08 Å². The predicted molar refractivity (Wildman–Crippen MR) is 121 cm³/mol. The van der Waals surface area contributed by atoms with Crippen molar-refractivity contribution in [3.05, 3.63) is 95.6 Å². The second-order valence-corrected chi connectivity index (χ2v) is 6.61. The van der Waals surface area contributed by atoms with E-state index in [0.717, 1.165) is 29.0 Å². The normalized spacial score (nSPS) is 10.6. The molecule has 0 spiro atoms. The first-order chi connectivity index (χ1) is 14.6. The number of anilines is 2. The van der Waals surface area contributed by atoms with Gasteiger partial charge in [0.1, 0.15) is 5.75 Å². The summed E-state index contributed by atoms with van der Waals surface area (Å²) in [6, 6.07) is 22.0. The Morgan fingerprint density at radius 3 is 2.23 bits per heavy atom. The van der Waals surface area contributed by atoms with Gasteiger partial charge in [-0.2, -0.15) is 0 Å². The number of benzene rings is 3. The lowest BCUT2D eigenvalue weighted by atomic mass is 10.1. The Morgan fingerprint density at radius 1 is 0.867 bits per heavy atom. The monoisotopic (exact) mass is 400 g/mol. The van der Waals surface area contributed by atoms with E-state index >= 15 is 0 Å². The summed E-state index contributed by atoms with van der Waals surface area (Å²) in [6.45, 7) is 2.04.